The third kappa shape index (κ3) is 8.35. The second kappa shape index (κ2) is 17.9. The fourth-order valence-electron chi connectivity index (χ4n) is 9.64. The summed E-state index contributed by atoms with van der Waals surface area (Å²) < 4.78 is 35.0. The number of aromatic amines is 1. The minimum atomic E-state index is -1.01. The molecular formula is C48H52N8O9. The summed E-state index contributed by atoms with van der Waals surface area (Å²) in [5, 5.41) is 9.63. The number of nitrogens with one attached hydrogen (secondary N) is 2. The van der Waals surface area contributed by atoms with Crippen molar-refractivity contribution in [2.24, 2.45) is 22.9 Å². The maximum Gasteiger partial charge on any atom is 0.413 e. The number of hydrazone groups is 1. The molecule has 1 saturated heterocycles. The van der Waals surface area contributed by atoms with E-state index in [2.05, 4.69) is 25.3 Å². The van der Waals surface area contributed by atoms with Crippen LogP contribution in [-0.4, -0.2) is 106 Å². The van der Waals surface area contributed by atoms with Crippen molar-refractivity contribution in [3.05, 3.63) is 78.0 Å². The van der Waals surface area contributed by atoms with Crippen LogP contribution in [0.4, 0.5) is 4.79 Å². The zero-order valence-corrected chi connectivity index (χ0v) is 36.7. The monoisotopic (exact) mass is 884 g/mol. The lowest BCUT2D eigenvalue weighted by Gasteiger charge is -2.43. The van der Waals surface area contributed by atoms with E-state index >= 15 is 0 Å². The zero-order chi connectivity index (χ0) is 44.6. The van der Waals surface area contributed by atoms with Crippen LogP contribution >= 0.6 is 0 Å². The highest BCUT2D eigenvalue weighted by Gasteiger charge is 2.44. The van der Waals surface area contributed by atoms with Gasteiger partial charge in [0.15, 0.2) is 28.7 Å². The molecule has 0 bridgehead atoms. The van der Waals surface area contributed by atoms with Crippen LogP contribution in [0.25, 0.3) is 22.3 Å². The highest BCUT2D eigenvalue weighted by atomic mass is 16.7. The quantitative estimate of drug-likeness (QED) is 0.129. The Kier molecular flexibility index (Phi) is 11.6. The molecule has 338 valence electrons. The molecule has 2 N–H and O–H groups in total. The van der Waals surface area contributed by atoms with Gasteiger partial charge in [0.1, 0.15) is 29.3 Å². The average Bonchev–Trinajstić information content (AvgIpc) is 3.96. The number of rotatable bonds is 13. The predicted octanol–water partition coefficient (Wildman–Crippen LogP) is 6.61. The maximum atomic E-state index is 14.5. The molecule has 2 saturated carbocycles. The van der Waals surface area contributed by atoms with Gasteiger partial charge in [-0.3, -0.25) is 14.6 Å². The summed E-state index contributed by atoms with van der Waals surface area (Å²) in [5.74, 6) is 3.24. The average molecular weight is 885 g/mol. The molecule has 5 aliphatic rings. The van der Waals surface area contributed by atoms with Gasteiger partial charge in [-0.1, -0.05) is 18.9 Å². The van der Waals surface area contributed by atoms with Gasteiger partial charge >= 0.3 is 6.09 Å². The Bertz CT molecular complexity index is 2640. The molecule has 65 heavy (non-hydrogen) atoms. The van der Waals surface area contributed by atoms with Gasteiger partial charge in [-0.15, -0.1) is 0 Å². The number of likely N-dealkylation sites (tertiary alicyclic amines) is 1. The number of methoxy groups -OCH3 is 2. The number of hydrogen-bond acceptors (Lipinski definition) is 13. The number of benzene rings is 2. The lowest BCUT2D eigenvalue weighted by molar-refractivity contribution is -0.143. The minimum absolute atomic E-state index is 0.0197. The van der Waals surface area contributed by atoms with E-state index in [1.165, 1.54) is 6.33 Å². The van der Waals surface area contributed by atoms with E-state index in [4.69, 9.17) is 33.5 Å². The second-order valence-corrected chi connectivity index (χ2v) is 17.4. The van der Waals surface area contributed by atoms with E-state index in [-0.39, 0.29) is 48.7 Å². The normalized spacial score (nSPS) is 19.9. The molecule has 3 amide bonds. The molecule has 5 aromatic rings. The highest BCUT2D eigenvalue weighted by Crippen LogP contribution is 2.49. The number of ether oxygens (including phenoxy) is 6. The smallest absolute Gasteiger partial charge is 0.413 e. The maximum absolute atomic E-state index is 14.5. The van der Waals surface area contributed by atoms with Crippen LogP contribution in [-0.2, 0) is 16.0 Å². The van der Waals surface area contributed by atoms with Gasteiger partial charge in [0.25, 0.3) is 0 Å². The highest BCUT2D eigenvalue weighted by molar-refractivity contribution is 6.07. The van der Waals surface area contributed by atoms with Gasteiger partial charge in [0, 0.05) is 48.8 Å². The number of carbonyl (C=O) groups is 3. The van der Waals surface area contributed by atoms with Crippen molar-refractivity contribution in [1.82, 2.24) is 35.2 Å². The van der Waals surface area contributed by atoms with Crippen molar-refractivity contribution >= 4 is 34.7 Å². The number of aromatic nitrogens is 4. The number of aryl methyl sites for hydroxylation is 1. The number of piperidine rings is 1. The molecule has 3 aromatic heterocycles. The van der Waals surface area contributed by atoms with Gasteiger partial charge in [-0.2, -0.15) is 5.10 Å². The predicted molar refractivity (Wildman–Crippen MR) is 237 cm³/mol. The van der Waals surface area contributed by atoms with E-state index in [0.717, 1.165) is 49.8 Å². The third-order valence-electron chi connectivity index (χ3n) is 13.2. The van der Waals surface area contributed by atoms with Gasteiger partial charge < -0.3 is 43.6 Å². The van der Waals surface area contributed by atoms with E-state index in [0.29, 0.717) is 101 Å². The number of hydrogen-bond donors (Lipinski definition) is 2. The fourth-order valence-corrected chi connectivity index (χ4v) is 9.64. The molecule has 0 radical (unpaired) electrons. The fraction of sp³-hybridized carbons (Fsp3) is 0.438. The van der Waals surface area contributed by atoms with Gasteiger partial charge in [0.05, 0.1) is 49.4 Å². The molecule has 17 nitrogen and oxygen atoms in total. The molecular weight excluding hydrogens is 833 g/mol. The van der Waals surface area contributed by atoms with E-state index in [1.54, 1.807) is 43.3 Å². The van der Waals surface area contributed by atoms with E-state index in [9.17, 15) is 14.4 Å². The van der Waals surface area contributed by atoms with E-state index < -0.39 is 12.1 Å². The Hall–Kier alpha value is -6.91. The van der Waals surface area contributed by atoms with Crippen LogP contribution in [0.2, 0.25) is 0 Å². The van der Waals surface area contributed by atoms with Crippen LogP contribution < -0.4 is 33.7 Å². The summed E-state index contributed by atoms with van der Waals surface area (Å²) in [7, 11) is 3.21. The summed E-state index contributed by atoms with van der Waals surface area (Å²) in [5.41, 5.74) is 4.94. The minimum Gasteiger partial charge on any atom is -0.493 e. The molecule has 17 heteroatoms. The number of pyridine rings is 1. The number of carbonyl (C=O) groups excluding carboxylic acids is 3. The van der Waals surface area contributed by atoms with Gasteiger partial charge in [-0.25, -0.2) is 19.8 Å². The molecule has 3 atom stereocenters. The number of nitrogens with zero attached hydrogens (tertiary/aromatic N) is 6. The number of fused-ring (bicyclic) bond motifs is 3. The van der Waals surface area contributed by atoms with Crippen LogP contribution in [0.15, 0.2) is 66.2 Å². The van der Waals surface area contributed by atoms with Gasteiger partial charge in [-0.05, 0) is 93.8 Å². The summed E-state index contributed by atoms with van der Waals surface area (Å²) in [6.45, 7) is 3.14. The first-order chi connectivity index (χ1) is 31.8. The van der Waals surface area contributed by atoms with Crippen molar-refractivity contribution < 1.29 is 42.8 Å². The van der Waals surface area contributed by atoms with Crippen molar-refractivity contribution in [2.75, 3.05) is 40.7 Å². The summed E-state index contributed by atoms with van der Waals surface area (Å²) in [6.07, 6.45) is 9.38. The molecule has 2 aliphatic carbocycles. The first-order valence-electron chi connectivity index (χ1n) is 22.5. The number of H-pyrrole nitrogens is 1. The molecule has 2 aromatic carbocycles. The van der Waals surface area contributed by atoms with Crippen LogP contribution in [0, 0.1) is 24.7 Å². The molecule has 6 heterocycles. The second-order valence-electron chi connectivity index (χ2n) is 17.4. The Labute approximate surface area is 375 Å². The molecule has 0 unspecified atom stereocenters. The summed E-state index contributed by atoms with van der Waals surface area (Å²) in [6, 6.07) is 13.7. The van der Waals surface area contributed by atoms with Crippen molar-refractivity contribution in [3.8, 4) is 45.8 Å². The molecule has 10 rings (SSSR count). The number of amides is 3. The first-order valence-corrected chi connectivity index (χ1v) is 22.5. The topological polar surface area (TPSA) is 192 Å². The standard InChI is InChI=1S/C48H52N8O9/c1-27-44(43-42(52-27)41(50-25-51-43)39-36(62-24-28-11-12-28)15-16-37-45(39)64-26-63-37)65-48(59)53-34(23-30-8-6-7-19-49-30)47(58)55-20-17-31(18-21-55)56-46(57)33-10-5-4-9-32(33)40(54-56)29-13-14-35(60-2)38(22-29)61-3/h6-8,13-16,19,22,25,28,31-34,52H,4-5,9-12,17-18,20-21,23-24,26H2,1-3H3,(H,53,59)/t32-,33+,34-/m0/s1. The largest absolute Gasteiger partial charge is 0.493 e. The first kappa shape index (κ1) is 42.1. The Morgan fingerprint density at radius 1 is 0.908 bits per heavy atom. The van der Waals surface area contributed by atoms with Crippen molar-refractivity contribution in [2.45, 2.75) is 76.8 Å². The lowest BCUT2D eigenvalue weighted by Crippen LogP contribution is -2.56. The van der Waals surface area contributed by atoms with Crippen LogP contribution in [0.1, 0.15) is 68.3 Å². The summed E-state index contributed by atoms with van der Waals surface area (Å²) in [4.78, 5) is 61.2. The molecule has 3 fully saturated rings. The zero-order valence-electron chi connectivity index (χ0n) is 36.7. The van der Waals surface area contributed by atoms with Crippen molar-refractivity contribution in [3.63, 3.8) is 0 Å². The van der Waals surface area contributed by atoms with Gasteiger partial charge in [0.2, 0.25) is 18.6 Å². The Morgan fingerprint density at radius 3 is 2.48 bits per heavy atom. The van der Waals surface area contributed by atoms with E-state index in [1.807, 2.05) is 42.5 Å². The Balaban J connectivity index is 0.869. The SMILES string of the molecule is COc1ccc(C2=NN(C3CCN(C(=O)[C@H](Cc4ccccn4)NC(=O)Oc4c(C)[nH]c5c(-c6c(OCC7CC7)ccc7c6OCO7)ncnc45)CC3)C(=O)[C@@H]3CCCC[C@H]23)cc1OC. The van der Waals surface area contributed by atoms with Crippen molar-refractivity contribution in [1.29, 1.82) is 0 Å². The Morgan fingerprint density at radius 2 is 1.71 bits per heavy atom. The van der Waals surface area contributed by atoms with Crippen LogP contribution in [0.3, 0.4) is 0 Å². The third-order valence-corrected chi connectivity index (χ3v) is 13.2. The summed E-state index contributed by atoms with van der Waals surface area (Å²) >= 11 is 0. The molecule has 0 spiro atoms. The lowest BCUT2D eigenvalue weighted by atomic mass is 9.73. The van der Waals surface area contributed by atoms with Crippen LogP contribution in [0.5, 0.6) is 34.5 Å². The molecule has 3 aliphatic heterocycles.